The molecule has 0 aromatic heterocycles. The van der Waals surface area contributed by atoms with E-state index in [0.29, 0.717) is 19.7 Å². The molecule has 1 aliphatic rings. The van der Waals surface area contributed by atoms with Gasteiger partial charge in [0, 0.05) is 0 Å². The third kappa shape index (κ3) is 3.78. The van der Waals surface area contributed by atoms with Crippen LogP contribution in [0.1, 0.15) is 0 Å². The number of para-hydroxylation sites is 2. The van der Waals surface area contributed by atoms with E-state index >= 15 is 0 Å². The summed E-state index contributed by atoms with van der Waals surface area (Å²) < 4.78 is 11.2. The number of amides is 1. The lowest BCUT2D eigenvalue weighted by Crippen LogP contribution is -2.42. The first kappa shape index (κ1) is 14.6. The van der Waals surface area contributed by atoms with Crippen molar-refractivity contribution >= 4 is 18.3 Å². The molecule has 0 aliphatic carbocycles. The van der Waals surface area contributed by atoms with Crippen LogP contribution in [0, 0.1) is 0 Å². The summed E-state index contributed by atoms with van der Waals surface area (Å²) >= 11 is 0. The maximum atomic E-state index is 11.3. The van der Waals surface area contributed by atoms with Crippen molar-refractivity contribution in [2.24, 2.45) is 0 Å². The SMILES string of the molecule is CNCC(=O)NCC1COc2ccccc2O1.Cl. The van der Waals surface area contributed by atoms with Gasteiger partial charge in [-0.05, 0) is 19.2 Å². The van der Waals surface area contributed by atoms with Crippen LogP contribution >= 0.6 is 12.4 Å². The Morgan fingerprint density at radius 3 is 2.83 bits per heavy atom. The van der Waals surface area contributed by atoms with Crippen molar-refractivity contribution in [3.63, 3.8) is 0 Å². The molecular formula is C12H17ClN2O3. The lowest BCUT2D eigenvalue weighted by Gasteiger charge is -2.26. The first-order chi connectivity index (χ1) is 8.29. The van der Waals surface area contributed by atoms with Crippen molar-refractivity contribution < 1.29 is 14.3 Å². The van der Waals surface area contributed by atoms with E-state index in [-0.39, 0.29) is 24.4 Å². The average molecular weight is 273 g/mol. The third-order valence-electron chi connectivity index (χ3n) is 2.43. The van der Waals surface area contributed by atoms with Crippen LogP contribution < -0.4 is 20.1 Å². The van der Waals surface area contributed by atoms with E-state index < -0.39 is 0 Å². The number of carbonyl (C=O) groups excluding carboxylic acids is 1. The summed E-state index contributed by atoms with van der Waals surface area (Å²) in [7, 11) is 1.73. The zero-order valence-electron chi connectivity index (χ0n) is 10.1. The Kier molecular flexibility index (Phi) is 5.74. The molecule has 1 aromatic rings. The number of hydrogen-bond acceptors (Lipinski definition) is 4. The van der Waals surface area contributed by atoms with Gasteiger partial charge < -0.3 is 20.1 Å². The topological polar surface area (TPSA) is 59.6 Å². The predicted octanol–water partition coefficient (Wildman–Crippen LogP) is 0.584. The first-order valence-corrected chi connectivity index (χ1v) is 5.59. The summed E-state index contributed by atoms with van der Waals surface area (Å²) in [5.74, 6) is 1.44. The molecule has 100 valence electrons. The highest BCUT2D eigenvalue weighted by Crippen LogP contribution is 2.30. The van der Waals surface area contributed by atoms with E-state index in [0.717, 1.165) is 11.5 Å². The van der Waals surface area contributed by atoms with Crippen molar-refractivity contribution in [2.45, 2.75) is 6.10 Å². The van der Waals surface area contributed by atoms with Gasteiger partial charge in [0.25, 0.3) is 0 Å². The fourth-order valence-corrected chi connectivity index (χ4v) is 1.61. The van der Waals surface area contributed by atoms with Crippen molar-refractivity contribution in [2.75, 3.05) is 26.7 Å². The molecule has 0 spiro atoms. The fourth-order valence-electron chi connectivity index (χ4n) is 1.61. The maximum absolute atomic E-state index is 11.3. The Labute approximate surface area is 112 Å². The fraction of sp³-hybridized carbons (Fsp3) is 0.417. The number of benzene rings is 1. The van der Waals surface area contributed by atoms with Gasteiger partial charge in [0.1, 0.15) is 12.7 Å². The van der Waals surface area contributed by atoms with E-state index in [9.17, 15) is 4.79 Å². The van der Waals surface area contributed by atoms with Crippen LogP contribution in [0.25, 0.3) is 0 Å². The van der Waals surface area contributed by atoms with Gasteiger partial charge in [0.15, 0.2) is 11.5 Å². The summed E-state index contributed by atoms with van der Waals surface area (Å²) in [4.78, 5) is 11.3. The minimum absolute atomic E-state index is 0. The average Bonchev–Trinajstić information content (AvgIpc) is 2.36. The molecule has 18 heavy (non-hydrogen) atoms. The molecular weight excluding hydrogens is 256 g/mol. The molecule has 2 N–H and O–H groups in total. The second-order valence-electron chi connectivity index (χ2n) is 3.83. The van der Waals surface area contributed by atoms with Gasteiger partial charge >= 0.3 is 0 Å². The van der Waals surface area contributed by atoms with Crippen molar-refractivity contribution in [3.8, 4) is 11.5 Å². The highest BCUT2D eigenvalue weighted by Gasteiger charge is 2.20. The van der Waals surface area contributed by atoms with Crippen LogP contribution in [-0.2, 0) is 4.79 Å². The largest absolute Gasteiger partial charge is 0.486 e. The summed E-state index contributed by atoms with van der Waals surface area (Å²) in [5.41, 5.74) is 0. The minimum Gasteiger partial charge on any atom is -0.486 e. The number of halogens is 1. The Balaban J connectivity index is 0.00000162. The highest BCUT2D eigenvalue weighted by atomic mass is 35.5. The molecule has 1 unspecified atom stereocenters. The Morgan fingerprint density at radius 1 is 1.39 bits per heavy atom. The van der Waals surface area contributed by atoms with Crippen LogP contribution in [0.5, 0.6) is 11.5 Å². The number of likely N-dealkylation sites (N-methyl/N-ethyl adjacent to an activating group) is 1. The lowest BCUT2D eigenvalue weighted by molar-refractivity contribution is -0.120. The Bertz CT molecular complexity index is 401. The zero-order valence-corrected chi connectivity index (χ0v) is 11.0. The van der Waals surface area contributed by atoms with Crippen molar-refractivity contribution in [1.82, 2.24) is 10.6 Å². The molecule has 0 saturated carbocycles. The van der Waals surface area contributed by atoms with Gasteiger partial charge in [0.05, 0.1) is 13.1 Å². The second-order valence-corrected chi connectivity index (χ2v) is 3.83. The lowest BCUT2D eigenvalue weighted by atomic mass is 10.2. The molecule has 0 bridgehead atoms. The standard InChI is InChI=1S/C12H16N2O3.ClH/c1-13-7-12(15)14-6-9-8-16-10-4-2-3-5-11(10)17-9;/h2-5,9,13H,6-8H2,1H3,(H,14,15);1H. The van der Waals surface area contributed by atoms with Gasteiger partial charge in [-0.2, -0.15) is 0 Å². The zero-order chi connectivity index (χ0) is 12.1. The summed E-state index contributed by atoms with van der Waals surface area (Å²) in [6.45, 7) is 1.22. The van der Waals surface area contributed by atoms with Crippen LogP contribution in [-0.4, -0.2) is 38.8 Å². The van der Waals surface area contributed by atoms with Gasteiger partial charge in [-0.15, -0.1) is 12.4 Å². The Morgan fingerprint density at radius 2 is 2.11 bits per heavy atom. The van der Waals surface area contributed by atoms with Crippen LogP contribution in [0.2, 0.25) is 0 Å². The van der Waals surface area contributed by atoms with E-state index in [1.165, 1.54) is 0 Å². The van der Waals surface area contributed by atoms with Gasteiger partial charge in [0.2, 0.25) is 5.91 Å². The van der Waals surface area contributed by atoms with Crippen LogP contribution in [0.3, 0.4) is 0 Å². The monoisotopic (exact) mass is 272 g/mol. The quantitative estimate of drug-likeness (QED) is 0.842. The second kappa shape index (κ2) is 7.08. The molecule has 1 amide bonds. The molecule has 2 rings (SSSR count). The number of rotatable bonds is 4. The van der Waals surface area contributed by atoms with E-state index in [1.54, 1.807) is 7.05 Å². The molecule has 1 heterocycles. The molecule has 1 aliphatic heterocycles. The number of ether oxygens (including phenoxy) is 2. The molecule has 1 aromatic carbocycles. The van der Waals surface area contributed by atoms with Crippen molar-refractivity contribution in [1.29, 1.82) is 0 Å². The molecule has 5 nitrogen and oxygen atoms in total. The normalized spacial score (nSPS) is 16.6. The van der Waals surface area contributed by atoms with E-state index in [2.05, 4.69) is 10.6 Å². The molecule has 6 heteroatoms. The van der Waals surface area contributed by atoms with E-state index in [4.69, 9.17) is 9.47 Å². The third-order valence-corrected chi connectivity index (χ3v) is 2.43. The van der Waals surface area contributed by atoms with Crippen molar-refractivity contribution in [3.05, 3.63) is 24.3 Å². The summed E-state index contributed by atoms with van der Waals surface area (Å²) in [6, 6.07) is 7.52. The summed E-state index contributed by atoms with van der Waals surface area (Å²) in [5, 5.41) is 5.56. The summed E-state index contributed by atoms with van der Waals surface area (Å²) in [6.07, 6.45) is -0.134. The van der Waals surface area contributed by atoms with Gasteiger partial charge in [-0.25, -0.2) is 0 Å². The number of hydrogen-bond donors (Lipinski definition) is 2. The molecule has 0 radical (unpaired) electrons. The van der Waals surface area contributed by atoms with Crippen LogP contribution in [0.4, 0.5) is 0 Å². The van der Waals surface area contributed by atoms with Gasteiger partial charge in [-0.3, -0.25) is 4.79 Å². The maximum Gasteiger partial charge on any atom is 0.234 e. The van der Waals surface area contributed by atoms with Crippen LogP contribution in [0.15, 0.2) is 24.3 Å². The molecule has 0 fully saturated rings. The first-order valence-electron chi connectivity index (χ1n) is 5.59. The molecule has 0 saturated heterocycles. The number of fused-ring (bicyclic) bond motifs is 1. The predicted molar refractivity (Wildman–Crippen MR) is 70.5 cm³/mol. The highest BCUT2D eigenvalue weighted by molar-refractivity contribution is 5.85. The smallest absolute Gasteiger partial charge is 0.234 e. The Hall–Kier alpha value is -1.46. The minimum atomic E-state index is -0.134. The van der Waals surface area contributed by atoms with E-state index in [1.807, 2.05) is 24.3 Å². The number of carbonyl (C=O) groups is 1. The molecule has 1 atom stereocenters. The number of nitrogens with one attached hydrogen (secondary N) is 2. The van der Waals surface area contributed by atoms with Gasteiger partial charge in [-0.1, -0.05) is 12.1 Å².